The van der Waals surface area contributed by atoms with Crippen molar-refractivity contribution in [3.63, 3.8) is 0 Å². The van der Waals surface area contributed by atoms with Crippen LogP contribution in [0.1, 0.15) is 67.3 Å². The van der Waals surface area contributed by atoms with Crippen LogP contribution >= 0.6 is 0 Å². The summed E-state index contributed by atoms with van der Waals surface area (Å²) in [6.45, 7) is 3.44. The molecule has 1 atom stereocenters. The summed E-state index contributed by atoms with van der Waals surface area (Å²) in [5.41, 5.74) is 1.88. The largest absolute Gasteiger partial charge is 0.493 e. The number of hydrogen-bond acceptors (Lipinski definition) is 5. The highest BCUT2D eigenvalue weighted by Crippen LogP contribution is 2.37. The first-order chi connectivity index (χ1) is 15.2. The SMILES string of the molecule is CCCC1CCC(c2ccc(C(=O)Oc3ccc(OC)c(OCC4CO4)c3)cc2)CC1. The summed E-state index contributed by atoms with van der Waals surface area (Å²) in [7, 11) is 1.58. The molecule has 31 heavy (non-hydrogen) atoms. The summed E-state index contributed by atoms with van der Waals surface area (Å²) >= 11 is 0. The highest BCUT2D eigenvalue weighted by molar-refractivity contribution is 5.91. The lowest BCUT2D eigenvalue weighted by atomic mass is 9.77. The second kappa shape index (κ2) is 10.2. The normalized spacial score (nSPS) is 22.6. The number of esters is 1. The van der Waals surface area contributed by atoms with Crippen molar-refractivity contribution >= 4 is 5.97 Å². The molecule has 1 saturated carbocycles. The van der Waals surface area contributed by atoms with Gasteiger partial charge in [-0.15, -0.1) is 0 Å². The van der Waals surface area contributed by atoms with Gasteiger partial charge in [0.2, 0.25) is 0 Å². The Labute approximate surface area is 184 Å². The standard InChI is InChI=1S/C26H32O5/c1-3-4-18-5-7-19(8-6-18)20-9-11-21(12-10-20)26(27)31-22-13-14-24(28-2)25(15-22)30-17-23-16-29-23/h9-15,18-19,23H,3-8,16-17H2,1-2H3. The second-order valence-electron chi connectivity index (χ2n) is 8.60. The molecule has 1 aliphatic heterocycles. The zero-order valence-corrected chi connectivity index (χ0v) is 18.5. The van der Waals surface area contributed by atoms with Crippen LogP contribution in [0.25, 0.3) is 0 Å². The monoisotopic (exact) mass is 424 g/mol. The fourth-order valence-electron chi connectivity index (χ4n) is 4.43. The van der Waals surface area contributed by atoms with E-state index in [2.05, 4.69) is 19.1 Å². The van der Waals surface area contributed by atoms with Crippen molar-refractivity contribution in [3.8, 4) is 17.2 Å². The lowest BCUT2D eigenvalue weighted by Gasteiger charge is -2.28. The van der Waals surface area contributed by atoms with E-state index in [1.54, 1.807) is 25.3 Å². The average Bonchev–Trinajstić information content (AvgIpc) is 3.63. The van der Waals surface area contributed by atoms with E-state index in [1.807, 2.05) is 12.1 Å². The molecule has 0 N–H and O–H groups in total. The molecule has 5 nitrogen and oxygen atoms in total. The summed E-state index contributed by atoms with van der Waals surface area (Å²) in [6, 6.07) is 13.0. The van der Waals surface area contributed by atoms with Gasteiger partial charge >= 0.3 is 5.97 Å². The number of rotatable bonds is 9. The Kier molecular flexibility index (Phi) is 7.13. The van der Waals surface area contributed by atoms with Gasteiger partial charge in [-0.1, -0.05) is 31.9 Å². The van der Waals surface area contributed by atoms with Crippen molar-refractivity contribution in [2.45, 2.75) is 57.5 Å². The Morgan fingerprint density at radius 1 is 1.03 bits per heavy atom. The first-order valence-corrected chi connectivity index (χ1v) is 11.4. The third-order valence-corrected chi connectivity index (χ3v) is 6.33. The molecule has 0 amide bonds. The van der Waals surface area contributed by atoms with Crippen molar-refractivity contribution in [2.24, 2.45) is 5.92 Å². The Balaban J connectivity index is 1.35. The molecule has 0 radical (unpaired) electrons. The molecule has 0 spiro atoms. The van der Waals surface area contributed by atoms with E-state index in [-0.39, 0.29) is 12.1 Å². The van der Waals surface area contributed by atoms with E-state index in [4.69, 9.17) is 18.9 Å². The van der Waals surface area contributed by atoms with Gasteiger partial charge in [-0.05, 0) is 67.3 Å². The lowest BCUT2D eigenvalue weighted by molar-refractivity contribution is 0.0734. The minimum Gasteiger partial charge on any atom is -0.493 e. The third kappa shape index (κ3) is 5.79. The van der Waals surface area contributed by atoms with Crippen LogP contribution in [0.3, 0.4) is 0 Å². The Morgan fingerprint density at radius 2 is 1.77 bits per heavy atom. The average molecular weight is 425 g/mol. The van der Waals surface area contributed by atoms with Gasteiger partial charge in [0.25, 0.3) is 0 Å². The van der Waals surface area contributed by atoms with E-state index in [9.17, 15) is 4.79 Å². The topological polar surface area (TPSA) is 57.3 Å². The summed E-state index contributed by atoms with van der Waals surface area (Å²) in [5.74, 6) is 2.69. The van der Waals surface area contributed by atoms with Crippen LogP contribution in [-0.2, 0) is 4.74 Å². The molecule has 2 aliphatic rings. The number of benzene rings is 2. The highest BCUT2D eigenvalue weighted by Gasteiger charge is 2.24. The van der Waals surface area contributed by atoms with Crippen molar-refractivity contribution in [1.82, 2.24) is 0 Å². The quantitative estimate of drug-likeness (QED) is 0.291. The van der Waals surface area contributed by atoms with Crippen LogP contribution in [0, 0.1) is 5.92 Å². The van der Waals surface area contributed by atoms with E-state index in [0.717, 1.165) is 5.92 Å². The maximum Gasteiger partial charge on any atom is 0.343 e. The van der Waals surface area contributed by atoms with Crippen LogP contribution < -0.4 is 14.2 Å². The predicted octanol–water partition coefficient (Wildman–Crippen LogP) is 5.77. The molecular weight excluding hydrogens is 392 g/mol. The molecule has 0 bridgehead atoms. The smallest absolute Gasteiger partial charge is 0.343 e. The molecule has 0 aromatic heterocycles. The van der Waals surface area contributed by atoms with Gasteiger partial charge < -0.3 is 18.9 Å². The van der Waals surface area contributed by atoms with Gasteiger partial charge in [-0.2, -0.15) is 0 Å². The molecule has 2 aromatic rings. The number of hydrogen-bond donors (Lipinski definition) is 0. The first kappa shape index (κ1) is 21.7. The number of carbonyl (C=O) groups excluding carboxylic acids is 1. The van der Waals surface area contributed by atoms with Crippen LogP contribution in [-0.4, -0.2) is 32.4 Å². The minimum absolute atomic E-state index is 0.135. The summed E-state index contributed by atoms with van der Waals surface area (Å²) in [5, 5.41) is 0. The summed E-state index contributed by atoms with van der Waals surface area (Å²) < 4.78 is 21.8. The first-order valence-electron chi connectivity index (χ1n) is 11.4. The van der Waals surface area contributed by atoms with Crippen molar-refractivity contribution < 1.29 is 23.7 Å². The molecule has 1 saturated heterocycles. The van der Waals surface area contributed by atoms with Crippen molar-refractivity contribution in [3.05, 3.63) is 53.6 Å². The Hall–Kier alpha value is -2.53. The van der Waals surface area contributed by atoms with Gasteiger partial charge in [0.1, 0.15) is 18.5 Å². The molecule has 4 rings (SSSR count). The Bertz CT molecular complexity index is 864. The van der Waals surface area contributed by atoms with Gasteiger partial charge in [-0.25, -0.2) is 4.79 Å². The van der Waals surface area contributed by atoms with E-state index in [1.165, 1.54) is 44.1 Å². The van der Waals surface area contributed by atoms with Crippen LogP contribution in [0.15, 0.2) is 42.5 Å². The molecule has 2 aromatic carbocycles. The van der Waals surface area contributed by atoms with Crippen LogP contribution in [0.4, 0.5) is 0 Å². The Morgan fingerprint density at radius 3 is 2.42 bits per heavy atom. The third-order valence-electron chi connectivity index (χ3n) is 6.33. The molecule has 1 heterocycles. The number of epoxide rings is 1. The maximum atomic E-state index is 12.6. The molecular formula is C26H32O5. The van der Waals surface area contributed by atoms with Gasteiger partial charge in [0.05, 0.1) is 19.3 Å². The zero-order valence-electron chi connectivity index (χ0n) is 18.5. The molecule has 2 fully saturated rings. The molecule has 1 unspecified atom stereocenters. The number of ether oxygens (including phenoxy) is 4. The number of methoxy groups -OCH3 is 1. The molecule has 1 aliphatic carbocycles. The fourth-order valence-corrected chi connectivity index (χ4v) is 4.43. The van der Waals surface area contributed by atoms with Crippen molar-refractivity contribution in [2.75, 3.05) is 20.3 Å². The van der Waals surface area contributed by atoms with Crippen molar-refractivity contribution in [1.29, 1.82) is 0 Å². The second-order valence-corrected chi connectivity index (χ2v) is 8.60. The highest BCUT2D eigenvalue weighted by atomic mass is 16.6. The molecule has 166 valence electrons. The van der Waals surface area contributed by atoms with E-state index >= 15 is 0 Å². The summed E-state index contributed by atoms with van der Waals surface area (Å²) in [4.78, 5) is 12.6. The lowest BCUT2D eigenvalue weighted by Crippen LogP contribution is -2.14. The van der Waals surface area contributed by atoms with Gasteiger partial charge in [0, 0.05) is 6.07 Å². The van der Waals surface area contributed by atoms with Gasteiger partial charge in [-0.3, -0.25) is 0 Å². The van der Waals surface area contributed by atoms with Crippen LogP contribution in [0.5, 0.6) is 17.2 Å². The zero-order chi connectivity index (χ0) is 21.6. The minimum atomic E-state index is -0.375. The van der Waals surface area contributed by atoms with Crippen LogP contribution in [0.2, 0.25) is 0 Å². The van der Waals surface area contributed by atoms with Gasteiger partial charge in [0.15, 0.2) is 11.5 Å². The maximum absolute atomic E-state index is 12.6. The fraction of sp³-hybridized carbons (Fsp3) is 0.500. The summed E-state index contributed by atoms with van der Waals surface area (Å²) in [6.07, 6.45) is 7.89. The van der Waals surface area contributed by atoms with E-state index in [0.29, 0.717) is 41.9 Å². The predicted molar refractivity (Wildman–Crippen MR) is 119 cm³/mol. The molecule has 5 heteroatoms. The number of carbonyl (C=O) groups is 1. The van der Waals surface area contributed by atoms with E-state index < -0.39 is 0 Å².